The first kappa shape index (κ1) is 15.1. The van der Waals surface area contributed by atoms with E-state index in [4.69, 9.17) is 5.11 Å². The van der Waals surface area contributed by atoms with Gasteiger partial charge in [0, 0.05) is 12.1 Å². The SMILES string of the molecule is CC(C)(CNC(=O)OCCO)NS(C)(=O)=O. The third-order valence-corrected chi connectivity index (χ3v) is 2.38. The number of carbonyl (C=O) groups is 1. The molecule has 96 valence electrons. The van der Waals surface area contributed by atoms with Crippen molar-refractivity contribution in [2.75, 3.05) is 26.0 Å². The Morgan fingerprint density at radius 3 is 2.44 bits per heavy atom. The number of alkyl carbamates (subject to hydrolysis) is 1. The second kappa shape index (κ2) is 6.02. The molecule has 3 N–H and O–H groups in total. The molecule has 8 heteroatoms. The van der Waals surface area contributed by atoms with Crippen molar-refractivity contribution in [1.82, 2.24) is 10.0 Å². The van der Waals surface area contributed by atoms with Crippen LogP contribution in [0.3, 0.4) is 0 Å². The molecule has 0 aliphatic rings. The lowest BCUT2D eigenvalue weighted by atomic mass is 10.1. The van der Waals surface area contributed by atoms with Gasteiger partial charge in [-0.05, 0) is 13.8 Å². The van der Waals surface area contributed by atoms with E-state index in [9.17, 15) is 13.2 Å². The third kappa shape index (κ3) is 8.45. The summed E-state index contributed by atoms with van der Waals surface area (Å²) >= 11 is 0. The molecule has 0 radical (unpaired) electrons. The van der Waals surface area contributed by atoms with Gasteiger partial charge in [-0.25, -0.2) is 17.9 Å². The molecule has 0 bridgehead atoms. The van der Waals surface area contributed by atoms with Crippen LogP contribution in [0.25, 0.3) is 0 Å². The monoisotopic (exact) mass is 254 g/mol. The maximum atomic E-state index is 11.0. The van der Waals surface area contributed by atoms with Gasteiger partial charge in [-0.1, -0.05) is 0 Å². The topological polar surface area (TPSA) is 105 Å². The summed E-state index contributed by atoms with van der Waals surface area (Å²) in [7, 11) is -3.33. The lowest BCUT2D eigenvalue weighted by Gasteiger charge is -2.24. The molecule has 7 nitrogen and oxygen atoms in total. The molecule has 0 saturated carbocycles. The van der Waals surface area contributed by atoms with Gasteiger partial charge in [0.15, 0.2) is 0 Å². The number of aliphatic hydroxyl groups excluding tert-OH is 1. The summed E-state index contributed by atoms with van der Waals surface area (Å²) in [6, 6.07) is 0. The number of hydrogen-bond acceptors (Lipinski definition) is 5. The number of ether oxygens (including phenoxy) is 1. The highest BCUT2D eigenvalue weighted by molar-refractivity contribution is 7.88. The summed E-state index contributed by atoms with van der Waals surface area (Å²) in [4.78, 5) is 11.0. The summed E-state index contributed by atoms with van der Waals surface area (Å²) in [5.41, 5.74) is -0.800. The summed E-state index contributed by atoms with van der Waals surface area (Å²) in [5.74, 6) is 0. The molecule has 0 spiro atoms. The van der Waals surface area contributed by atoms with Gasteiger partial charge in [0.25, 0.3) is 0 Å². The molecule has 0 saturated heterocycles. The van der Waals surface area contributed by atoms with Gasteiger partial charge in [-0.15, -0.1) is 0 Å². The highest BCUT2D eigenvalue weighted by Crippen LogP contribution is 2.01. The minimum atomic E-state index is -3.33. The molecule has 0 aliphatic heterocycles. The molecule has 16 heavy (non-hydrogen) atoms. The lowest BCUT2D eigenvalue weighted by Crippen LogP contribution is -2.51. The summed E-state index contributed by atoms with van der Waals surface area (Å²) < 4.78 is 28.8. The van der Waals surface area contributed by atoms with E-state index in [0.29, 0.717) is 0 Å². The summed E-state index contributed by atoms with van der Waals surface area (Å²) in [6.45, 7) is 3.00. The fourth-order valence-electron chi connectivity index (χ4n) is 1.02. The van der Waals surface area contributed by atoms with E-state index in [0.717, 1.165) is 6.26 Å². The molecule has 0 unspecified atom stereocenters. The Kier molecular flexibility index (Phi) is 5.70. The normalized spacial score (nSPS) is 12.2. The zero-order valence-corrected chi connectivity index (χ0v) is 10.4. The quantitative estimate of drug-likeness (QED) is 0.566. The van der Waals surface area contributed by atoms with Gasteiger partial charge < -0.3 is 15.2 Å². The first-order valence-electron chi connectivity index (χ1n) is 4.67. The molecule has 0 aromatic rings. The Bertz CT molecular complexity index is 325. The van der Waals surface area contributed by atoms with Gasteiger partial charge >= 0.3 is 6.09 Å². The Labute approximate surface area is 95.2 Å². The van der Waals surface area contributed by atoms with Crippen molar-refractivity contribution >= 4 is 16.1 Å². The predicted octanol–water partition coefficient (Wildman–Crippen LogP) is -0.967. The Hall–Kier alpha value is -0.860. The average Bonchev–Trinajstić information content (AvgIpc) is 2.07. The van der Waals surface area contributed by atoms with Crippen molar-refractivity contribution in [2.45, 2.75) is 19.4 Å². The van der Waals surface area contributed by atoms with Crippen LogP contribution >= 0.6 is 0 Å². The molecule has 0 aliphatic carbocycles. The van der Waals surface area contributed by atoms with Gasteiger partial charge in [0.2, 0.25) is 10.0 Å². The maximum absolute atomic E-state index is 11.0. The molecule has 0 atom stereocenters. The highest BCUT2D eigenvalue weighted by atomic mass is 32.2. The van der Waals surface area contributed by atoms with Crippen LogP contribution in [0, 0.1) is 0 Å². The van der Waals surface area contributed by atoms with E-state index in [-0.39, 0.29) is 19.8 Å². The number of aliphatic hydroxyl groups is 1. The second-order valence-electron chi connectivity index (χ2n) is 3.97. The number of nitrogens with one attached hydrogen (secondary N) is 2. The number of hydrogen-bond donors (Lipinski definition) is 3. The molecule has 0 aromatic carbocycles. The van der Waals surface area contributed by atoms with Crippen LogP contribution in [-0.4, -0.2) is 51.2 Å². The zero-order chi connectivity index (χ0) is 12.8. The number of sulfonamides is 1. The van der Waals surface area contributed by atoms with Crippen molar-refractivity contribution in [2.24, 2.45) is 0 Å². The molecular formula is C8H18N2O5S. The van der Waals surface area contributed by atoms with Crippen molar-refractivity contribution in [3.8, 4) is 0 Å². The Balaban J connectivity index is 4.04. The molecular weight excluding hydrogens is 236 g/mol. The van der Waals surface area contributed by atoms with Crippen LogP contribution in [0.1, 0.15) is 13.8 Å². The van der Waals surface area contributed by atoms with E-state index < -0.39 is 21.7 Å². The zero-order valence-electron chi connectivity index (χ0n) is 9.61. The molecule has 0 fully saturated rings. The second-order valence-corrected chi connectivity index (χ2v) is 5.72. The largest absolute Gasteiger partial charge is 0.447 e. The highest BCUT2D eigenvalue weighted by Gasteiger charge is 2.22. The van der Waals surface area contributed by atoms with E-state index >= 15 is 0 Å². The van der Waals surface area contributed by atoms with Crippen molar-refractivity contribution in [3.63, 3.8) is 0 Å². The van der Waals surface area contributed by atoms with Crippen LogP contribution in [-0.2, 0) is 14.8 Å². The van der Waals surface area contributed by atoms with Crippen molar-refractivity contribution in [1.29, 1.82) is 0 Å². The lowest BCUT2D eigenvalue weighted by molar-refractivity contribution is 0.117. The maximum Gasteiger partial charge on any atom is 0.407 e. The predicted molar refractivity (Wildman–Crippen MR) is 58.5 cm³/mol. The summed E-state index contributed by atoms with van der Waals surface area (Å²) in [6.07, 6.45) is 0.344. The van der Waals surface area contributed by atoms with Crippen molar-refractivity contribution < 1.29 is 23.1 Å². The van der Waals surface area contributed by atoms with E-state index in [1.165, 1.54) is 0 Å². The average molecular weight is 254 g/mol. The smallest absolute Gasteiger partial charge is 0.407 e. The number of amides is 1. The van der Waals surface area contributed by atoms with Crippen LogP contribution < -0.4 is 10.0 Å². The van der Waals surface area contributed by atoms with Crippen LogP contribution in [0.5, 0.6) is 0 Å². The summed E-state index contributed by atoms with van der Waals surface area (Å²) in [5, 5.41) is 10.8. The van der Waals surface area contributed by atoms with Crippen LogP contribution in [0.4, 0.5) is 4.79 Å². The third-order valence-electron chi connectivity index (χ3n) is 1.46. The molecule has 0 aromatic heterocycles. The fraction of sp³-hybridized carbons (Fsp3) is 0.875. The van der Waals surface area contributed by atoms with E-state index in [1.807, 2.05) is 0 Å². The Morgan fingerprint density at radius 1 is 1.44 bits per heavy atom. The van der Waals surface area contributed by atoms with E-state index in [1.54, 1.807) is 13.8 Å². The Morgan fingerprint density at radius 2 is 2.00 bits per heavy atom. The van der Waals surface area contributed by atoms with Gasteiger partial charge in [0.1, 0.15) is 6.61 Å². The standard InChI is InChI=1S/C8H18N2O5S/c1-8(2,10-16(3,13)14)6-9-7(12)15-5-4-11/h10-11H,4-6H2,1-3H3,(H,9,12). The van der Waals surface area contributed by atoms with Crippen LogP contribution in [0.15, 0.2) is 0 Å². The molecule has 0 heterocycles. The number of rotatable bonds is 6. The minimum absolute atomic E-state index is 0.0876. The van der Waals surface area contributed by atoms with Gasteiger partial charge in [-0.2, -0.15) is 0 Å². The van der Waals surface area contributed by atoms with Gasteiger partial charge in [-0.3, -0.25) is 0 Å². The molecule has 1 amide bonds. The van der Waals surface area contributed by atoms with Crippen molar-refractivity contribution in [3.05, 3.63) is 0 Å². The van der Waals surface area contributed by atoms with Crippen LogP contribution in [0.2, 0.25) is 0 Å². The van der Waals surface area contributed by atoms with E-state index in [2.05, 4.69) is 14.8 Å². The van der Waals surface area contributed by atoms with Gasteiger partial charge in [0.05, 0.1) is 12.9 Å². The first-order chi connectivity index (χ1) is 7.16. The number of carbonyl (C=O) groups excluding carboxylic acids is 1. The molecule has 0 rings (SSSR count). The minimum Gasteiger partial charge on any atom is -0.447 e. The fourth-order valence-corrected chi connectivity index (χ4v) is 2.10. The first-order valence-corrected chi connectivity index (χ1v) is 6.56.